The van der Waals surface area contributed by atoms with Crippen molar-refractivity contribution < 1.29 is 27.7 Å². The molecule has 1 heterocycles. The Morgan fingerprint density at radius 1 is 1.09 bits per heavy atom. The molecule has 0 aliphatic carbocycles. The first-order valence-corrected chi connectivity index (χ1v) is 11.5. The van der Waals surface area contributed by atoms with Gasteiger partial charge in [-0.25, -0.2) is 13.2 Å². The van der Waals surface area contributed by atoms with Crippen LogP contribution in [-0.4, -0.2) is 48.7 Å². The maximum atomic E-state index is 12.8. The standard InChI is InChI=1S/C21H23N3O7S/c1-15(20(25)22-18-10-3-4-11-19(18)24(27)28)31-21(26)16-8-7-9-17(14-16)32(29,30)23-12-5-2-6-13-23/h3-4,7-11,14-15H,2,5-6,12-13H2,1H3,(H,22,25). The second-order valence-electron chi connectivity index (χ2n) is 7.30. The third kappa shape index (κ3) is 5.29. The van der Waals surface area contributed by atoms with Crippen molar-refractivity contribution in [2.24, 2.45) is 0 Å². The zero-order chi connectivity index (χ0) is 23.3. The lowest BCUT2D eigenvalue weighted by Crippen LogP contribution is -2.35. The molecule has 0 saturated carbocycles. The number of hydrogen-bond acceptors (Lipinski definition) is 7. The lowest BCUT2D eigenvalue weighted by molar-refractivity contribution is -0.383. The Morgan fingerprint density at radius 3 is 2.47 bits per heavy atom. The van der Waals surface area contributed by atoms with Crippen LogP contribution in [0.4, 0.5) is 11.4 Å². The Kier molecular flexibility index (Phi) is 7.21. The Balaban J connectivity index is 1.70. The molecular formula is C21H23N3O7S. The van der Waals surface area contributed by atoms with Crippen molar-refractivity contribution in [3.63, 3.8) is 0 Å². The van der Waals surface area contributed by atoms with Crippen molar-refractivity contribution in [1.82, 2.24) is 4.31 Å². The van der Waals surface area contributed by atoms with Gasteiger partial charge in [-0.3, -0.25) is 14.9 Å². The summed E-state index contributed by atoms with van der Waals surface area (Å²) in [5.41, 5.74) is -0.344. The number of hydrogen-bond donors (Lipinski definition) is 1. The summed E-state index contributed by atoms with van der Waals surface area (Å²) in [6.45, 7) is 2.18. The number of sulfonamides is 1. The summed E-state index contributed by atoms with van der Waals surface area (Å²) < 4.78 is 32.2. The Morgan fingerprint density at radius 2 is 1.78 bits per heavy atom. The van der Waals surface area contributed by atoms with Gasteiger partial charge in [-0.15, -0.1) is 0 Å². The summed E-state index contributed by atoms with van der Waals surface area (Å²) in [5, 5.41) is 13.4. The molecule has 1 amide bonds. The molecule has 1 saturated heterocycles. The minimum absolute atomic E-state index is 0.0200. The molecule has 10 nitrogen and oxygen atoms in total. The molecular weight excluding hydrogens is 438 g/mol. The van der Waals surface area contributed by atoms with Crippen LogP contribution in [0.1, 0.15) is 36.5 Å². The topological polar surface area (TPSA) is 136 Å². The molecule has 2 aromatic carbocycles. The lowest BCUT2D eigenvalue weighted by Gasteiger charge is -2.26. The van der Waals surface area contributed by atoms with Crippen LogP contribution in [0.25, 0.3) is 0 Å². The summed E-state index contributed by atoms with van der Waals surface area (Å²) >= 11 is 0. The van der Waals surface area contributed by atoms with E-state index in [1.54, 1.807) is 0 Å². The SMILES string of the molecule is CC(OC(=O)c1cccc(S(=O)(=O)N2CCCCC2)c1)C(=O)Nc1ccccc1[N+](=O)[O-]. The van der Waals surface area contributed by atoms with Crippen molar-refractivity contribution in [1.29, 1.82) is 0 Å². The minimum atomic E-state index is -3.73. The molecule has 0 aromatic heterocycles. The van der Waals surface area contributed by atoms with Crippen LogP contribution < -0.4 is 5.32 Å². The number of nitrogens with one attached hydrogen (secondary N) is 1. The van der Waals surface area contributed by atoms with Gasteiger partial charge in [0, 0.05) is 19.2 Å². The summed E-state index contributed by atoms with van der Waals surface area (Å²) in [4.78, 5) is 35.3. The van der Waals surface area contributed by atoms with Gasteiger partial charge in [0.2, 0.25) is 10.0 Å². The van der Waals surface area contributed by atoms with Crippen LogP contribution in [0.3, 0.4) is 0 Å². The highest BCUT2D eigenvalue weighted by atomic mass is 32.2. The van der Waals surface area contributed by atoms with E-state index in [2.05, 4.69) is 5.32 Å². The number of piperidine rings is 1. The van der Waals surface area contributed by atoms with Gasteiger partial charge in [0.15, 0.2) is 6.10 Å². The number of carbonyl (C=O) groups is 2. The van der Waals surface area contributed by atoms with Crippen molar-refractivity contribution >= 4 is 33.3 Å². The van der Waals surface area contributed by atoms with Gasteiger partial charge in [0.25, 0.3) is 11.6 Å². The average molecular weight is 461 g/mol. The number of rotatable bonds is 7. The first-order chi connectivity index (χ1) is 15.2. The maximum absolute atomic E-state index is 12.8. The predicted molar refractivity (Wildman–Crippen MR) is 116 cm³/mol. The third-order valence-electron chi connectivity index (χ3n) is 5.03. The van der Waals surface area contributed by atoms with E-state index in [-0.39, 0.29) is 21.8 Å². The number of benzene rings is 2. The highest BCUT2D eigenvalue weighted by Gasteiger charge is 2.27. The summed E-state index contributed by atoms with van der Waals surface area (Å²) in [5.74, 6) is -1.64. The van der Waals surface area contributed by atoms with Crippen molar-refractivity contribution in [2.75, 3.05) is 18.4 Å². The van der Waals surface area contributed by atoms with E-state index in [9.17, 15) is 28.1 Å². The number of nitro groups is 1. The molecule has 32 heavy (non-hydrogen) atoms. The molecule has 1 aliphatic heterocycles. The summed E-state index contributed by atoms with van der Waals surface area (Å²) in [7, 11) is -3.73. The van der Waals surface area contributed by atoms with Crippen molar-refractivity contribution in [3.8, 4) is 0 Å². The highest BCUT2D eigenvalue weighted by molar-refractivity contribution is 7.89. The van der Waals surface area contributed by atoms with Crippen LogP contribution >= 0.6 is 0 Å². The Bertz CT molecular complexity index is 1130. The molecule has 11 heteroatoms. The number of ether oxygens (including phenoxy) is 1. The van der Waals surface area contributed by atoms with E-state index in [4.69, 9.17) is 4.74 Å². The Hall–Kier alpha value is -3.31. The molecule has 2 aromatic rings. The molecule has 1 unspecified atom stereocenters. The van der Waals surface area contributed by atoms with Gasteiger partial charge < -0.3 is 10.1 Å². The van der Waals surface area contributed by atoms with Gasteiger partial charge in [0.05, 0.1) is 15.4 Å². The minimum Gasteiger partial charge on any atom is -0.449 e. The summed E-state index contributed by atoms with van der Waals surface area (Å²) in [6, 6.07) is 11.0. The fourth-order valence-electron chi connectivity index (χ4n) is 3.29. The normalized spacial score (nSPS) is 15.5. The zero-order valence-electron chi connectivity index (χ0n) is 17.4. The molecule has 0 spiro atoms. The van der Waals surface area contributed by atoms with E-state index in [1.807, 2.05) is 0 Å². The highest BCUT2D eigenvalue weighted by Crippen LogP contribution is 2.24. The predicted octanol–water partition coefficient (Wildman–Crippen LogP) is 2.95. The van der Waals surface area contributed by atoms with Gasteiger partial charge in [-0.2, -0.15) is 4.31 Å². The van der Waals surface area contributed by atoms with E-state index >= 15 is 0 Å². The number of nitro benzene ring substituents is 1. The number of carbonyl (C=O) groups excluding carboxylic acids is 2. The molecule has 0 bridgehead atoms. The molecule has 1 atom stereocenters. The lowest BCUT2D eigenvalue weighted by atomic mass is 10.2. The average Bonchev–Trinajstić information content (AvgIpc) is 2.79. The molecule has 0 radical (unpaired) electrons. The second-order valence-corrected chi connectivity index (χ2v) is 9.24. The fraction of sp³-hybridized carbons (Fsp3) is 0.333. The van der Waals surface area contributed by atoms with Crippen LogP contribution in [0.2, 0.25) is 0 Å². The summed E-state index contributed by atoms with van der Waals surface area (Å²) in [6.07, 6.45) is 1.27. The van der Waals surface area contributed by atoms with Crippen LogP contribution in [-0.2, 0) is 19.6 Å². The van der Waals surface area contributed by atoms with Crippen LogP contribution in [0.5, 0.6) is 0 Å². The van der Waals surface area contributed by atoms with Gasteiger partial charge in [0.1, 0.15) is 5.69 Å². The largest absolute Gasteiger partial charge is 0.449 e. The molecule has 170 valence electrons. The molecule has 1 N–H and O–H groups in total. The first-order valence-electron chi connectivity index (χ1n) is 10.1. The first kappa shape index (κ1) is 23.4. The van der Waals surface area contributed by atoms with Crippen molar-refractivity contribution in [3.05, 3.63) is 64.2 Å². The number of anilines is 1. The molecule has 1 fully saturated rings. The van der Waals surface area contributed by atoms with Gasteiger partial charge >= 0.3 is 5.97 Å². The quantitative estimate of drug-likeness (QED) is 0.380. The Labute approximate surface area is 185 Å². The monoisotopic (exact) mass is 461 g/mol. The smallest absolute Gasteiger partial charge is 0.338 e. The number of amides is 1. The van der Waals surface area contributed by atoms with E-state index in [0.29, 0.717) is 13.1 Å². The fourth-order valence-corrected chi connectivity index (χ4v) is 4.86. The second kappa shape index (κ2) is 9.88. The van der Waals surface area contributed by atoms with E-state index < -0.39 is 32.9 Å². The number of para-hydroxylation sites is 2. The molecule has 1 aliphatic rings. The van der Waals surface area contributed by atoms with E-state index in [1.165, 1.54) is 59.8 Å². The third-order valence-corrected chi connectivity index (χ3v) is 6.93. The number of nitrogens with zero attached hydrogens (tertiary/aromatic N) is 2. The maximum Gasteiger partial charge on any atom is 0.338 e. The van der Waals surface area contributed by atoms with Crippen molar-refractivity contribution in [2.45, 2.75) is 37.2 Å². The van der Waals surface area contributed by atoms with E-state index in [0.717, 1.165) is 19.3 Å². The zero-order valence-corrected chi connectivity index (χ0v) is 18.2. The van der Waals surface area contributed by atoms with Crippen LogP contribution in [0.15, 0.2) is 53.4 Å². The molecule has 3 rings (SSSR count). The van der Waals surface area contributed by atoms with Crippen LogP contribution in [0, 0.1) is 10.1 Å². The van der Waals surface area contributed by atoms with Gasteiger partial charge in [-0.05, 0) is 44.0 Å². The number of esters is 1. The van der Waals surface area contributed by atoms with Gasteiger partial charge in [-0.1, -0.05) is 24.6 Å².